The highest BCUT2D eigenvalue weighted by Gasteiger charge is 2.19. The molecule has 164 valence electrons. The molecule has 0 aliphatic carbocycles. The van der Waals surface area contributed by atoms with Gasteiger partial charge in [0.15, 0.2) is 0 Å². The molecule has 2 aromatic rings. The van der Waals surface area contributed by atoms with Crippen LogP contribution in [-0.2, 0) is 25.7 Å². The molecule has 1 aromatic carbocycles. The van der Waals surface area contributed by atoms with Gasteiger partial charge < -0.3 is 20.4 Å². The fourth-order valence-corrected chi connectivity index (χ4v) is 2.23. The quantitative estimate of drug-likeness (QED) is 0.322. The summed E-state index contributed by atoms with van der Waals surface area (Å²) in [5.41, 5.74) is 3.09. The minimum absolute atomic E-state index is 0.0195. The summed E-state index contributed by atoms with van der Waals surface area (Å²) >= 11 is 0. The number of rotatable bonds is 5. The van der Waals surface area contributed by atoms with Gasteiger partial charge in [-0.1, -0.05) is 17.7 Å². The van der Waals surface area contributed by atoms with E-state index >= 15 is 0 Å². The number of hydrogen-bond donors (Lipinski definition) is 4. The van der Waals surface area contributed by atoms with Crippen LogP contribution < -0.4 is 21.4 Å². The van der Waals surface area contributed by atoms with Crippen molar-refractivity contribution in [2.24, 2.45) is 5.10 Å². The number of anilines is 1. The Labute approximate surface area is 179 Å². The summed E-state index contributed by atoms with van der Waals surface area (Å²) in [5.74, 6) is -2.68. The van der Waals surface area contributed by atoms with Crippen LogP contribution in [0.25, 0.3) is 0 Å². The van der Waals surface area contributed by atoms with Gasteiger partial charge in [0.2, 0.25) is 0 Å². The average molecular weight is 427 g/mol. The van der Waals surface area contributed by atoms with Crippen molar-refractivity contribution in [3.63, 3.8) is 0 Å². The molecule has 31 heavy (non-hydrogen) atoms. The molecule has 0 spiro atoms. The lowest BCUT2D eigenvalue weighted by atomic mass is 10.1. The van der Waals surface area contributed by atoms with Crippen molar-refractivity contribution in [1.29, 1.82) is 0 Å². The minimum atomic E-state index is -0.912. The minimum Gasteiger partial charge on any atom is -0.458 e. The van der Waals surface area contributed by atoms with Gasteiger partial charge in [0.1, 0.15) is 11.5 Å². The Hall–Kier alpha value is -3.95. The largest absolute Gasteiger partial charge is 0.458 e. The number of nitrogens with one attached hydrogen (secondary N) is 4. The first-order chi connectivity index (χ1) is 14.5. The van der Waals surface area contributed by atoms with Crippen molar-refractivity contribution in [2.45, 2.75) is 39.8 Å². The van der Waals surface area contributed by atoms with Crippen LogP contribution in [-0.4, -0.2) is 35.4 Å². The van der Waals surface area contributed by atoms with Gasteiger partial charge in [-0.25, -0.2) is 5.43 Å². The molecule has 0 fully saturated rings. The first kappa shape index (κ1) is 23.3. The van der Waals surface area contributed by atoms with Gasteiger partial charge in [-0.2, -0.15) is 5.10 Å². The predicted octanol–water partition coefficient (Wildman–Crippen LogP) is 1.21. The molecule has 0 saturated carbocycles. The van der Waals surface area contributed by atoms with Crippen LogP contribution in [0.3, 0.4) is 0 Å². The fraction of sp³-hybridized carbons (Fsp3) is 0.286. The van der Waals surface area contributed by atoms with Crippen molar-refractivity contribution in [3.05, 3.63) is 53.5 Å². The van der Waals surface area contributed by atoms with E-state index in [1.54, 1.807) is 45.0 Å². The molecule has 0 atom stereocenters. The van der Waals surface area contributed by atoms with Gasteiger partial charge in [0, 0.05) is 11.2 Å². The lowest BCUT2D eigenvalue weighted by Gasteiger charge is -2.19. The van der Waals surface area contributed by atoms with Crippen molar-refractivity contribution in [1.82, 2.24) is 16.1 Å². The molecule has 1 heterocycles. The summed E-state index contributed by atoms with van der Waals surface area (Å²) in [6.07, 6.45) is 1.21. The molecule has 10 heteroatoms. The Morgan fingerprint density at radius 2 is 1.61 bits per heavy atom. The van der Waals surface area contributed by atoms with E-state index in [9.17, 15) is 19.2 Å². The lowest BCUT2D eigenvalue weighted by molar-refractivity contribution is -0.140. The number of furan rings is 1. The number of amides is 4. The van der Waals surface area contributed by atoms with Crippen LogP contribution in [0, 0.1) is 6.92 Å². The Morgan fingerprint density at radius 1 is 0.935 bits per heavy atom. The fourth-order valence-electron chi connectivity index (χ4n) is 2.23. The van der Waals surface area contributed by atoms with Gasteiger partial charge in [0.25, 0.3) is 0 Å². The average Bonchev–Trinajstić information content (AvgIpc) is 3.14. The Morgan fingerprint density at radius 3 is 2.26 bits per heavy atom. The topological polar surface area (TPSA) is 142 Å². The van der Waals surface area contributed by atoms with E-state index in [4.69, 9.17) is 4.42 Å². The molecule has 0 saturated heterocycles. The van der Waals surface area contributed by atoms with Crippen LogP contribution in [0.1, 0.15) is 37.9 Å². The zero-order valence-corrected chi connectivity index (χ0v) is 17.7. The van der Waals surface area contributed by atoms with E-state index < -0.39 is 29.2 Å². The first-order valence-electron chi connectivity index (χ1n) is 9.43. The highest BCUT2D eigenvalue weighted by molar-refractivity contribution is 6.39. The van der Waals surface area contributed by atoms with Gasteiger partial charge in [0.05, 0.1) is 12.8 Å². The zero-order valence-electron chi connectivity index (χ0n) is 17.7. The van der Waals surface area contributed by atoms with Crippen LogP contribution in [0.4, 0.5) is 5.69 Å². The Kier molecular flexibility index (Phi) is 7.67. The van der Waals surface area contributed by atoms with E-state index in [2.05, 4.69) is 26.5 Å². The second-order valence-electron chi connectivity index (χ2n) is 7.71. The molecule has 1 aromatic heterocycles. The number of carbonyl (C=O) groups excluding carboxylic acids is 4. The zero-order chi connectivity index (χ0) is 23.0. The Balaban J connectivity index is 1.79. The molecule has 0 unspecified atom stereocenters. The van der Waals surface area contributed by atoms with Crippen molar-refractivity contribution in [3.8, 4) is 0 Å². The summed E-state index contributed by atoms with van der Waals surface area (Å²) in [6.45, 7) is 7.14. The standard InChI is InChI=1S/C21H25N5O5/c1-13-5-7-14(8-6-13)24-18(28)17(27)22-11-15-9-10-16(31-15)12-23-26-20(30)19(29)25-21(2,3)4/h5-10,12H,11H2,1-4H3,(H,22,27)(H,24,28)(H,25,29)(H,26,30)/b23-12+. The second-order valence-corrected chi connectivity index (χ2v) is 7.71. The van der Waals surface area contributed by atoms with Crippen LogP contribution >= 0.6 is 0 Å². The normalized spacial score (nSPS) is 11.1. The molecule has 0 radical (unpaired) electrons. The molecule has 0 aliphatic rings. The van der Waals surface area contributed by atoms with Crippen LogP contribution in [0.15, 0.2) is 45.9 Å². The molecule has 0 bridgehead atoms. The van der Waals surface area contributed by atoms with Crippen LogP contribution in [0.5, 0.6) is 0 Å². The SMILES string of the molecule is Cc1ccc(NC(=O)C(=O)NCc2ccc(/C=N/NC(=O)C(=O)NC(C)(C)C)o2)cc1. The van der Waals surface area contributed by atoms with Gasteiger partial charge in [-0.15, -0.1) is 0 Å². The lowest BCUT2D eigenvalue weighted by Crippen LogP contribution is -2.47. The highest BCUT2D eigenvalue weighted by Crippen LogP contribution is 2.09. The molecule has 2 rings (SSSR count). The van der Waals surface area contributed by atoms with Crippen molar-refractivity contribution >= 4 is 35.5 Å². The molecule has 4 amide bonds. The number of hydrogen-bond acceptors (Lipinski definition) is 6. The van der Waals surface area contributed by atoms with E-state index in [0.717, 1.165) is 5.56 Å². The maximum Gasteiger partial charge on any atom is 0.329 e. The number of nitrogens with zero attached hydrogens (tertiary/aromatic N) is 1. The molecule has 10 nitrogen and oxygen atoms in total. The monoisotopic (exact) mass is 427 g/mol. The first-order valence-corrected chi connectivity index (χ1v) is 9.43. The summed E-state index contributed by atoms with van der Waals surface area (Å²) in [6, 6.07) is 10.2. The number of aryl methyl sites for hydroxylation is 1. The molecular formula is C21H25N5O5. The number of benzene rings is 1. The van der Waals surface area contributed by atoms with Crippen molar-refractivity contribution in [2.75, 3.05) is 5.32 Å². The third-order valence-electron chi connectivity index (χ3n) is 3.67. The number of hydrazone groups is 1. The maximum atomic E-state index is 11.9. The third kappa shape index (κ3) is 8.13. The van der Waals surface area contributed by atoms with E-state index in [0.29, 0.717) is 11.4 Å². The maximum absolute atomic E-state index is 11.9. The van der Waals surface area contributed by atoms with Crippen LogP contribution in [0.2, 0.25) is 0 Å². The molecule has 4 N–H and O–H groups in total. The smallest absolute Gasteiger partial charge is 0.329 e. The molecular weight excluding hydrogens is 402 g/mol. The van der Waals surface area contributed by atoms with E-state index in [-0.39, 0.29) is 12.3 Å². The van der Waals surface area contributed by atoms with E-state index in [1.165, 1.54) is 6.21 Å². The number of carbonyl (C=O) groups is 4. The molecule has 0 aliphatic heterocycles. The van der Waals surface area contributed by atoms with Gasteiger partial charge in [-0.05, 0) is 52.0 Å². The second kappa shape index (κ2) is 10.2. The summed E-state index contributed by atoms with van der Waals surface area (Å²) in [4.78, 5) is 47.1. The highest BCUT2D eigenvalue weighted by atomic mass is 16.3. The summed E-state index contributed by atoms with van der Waals surface area (Å²) in [7, 11) is 0. The third-order valence-corrected chi connectivity index (χ3v) is 3.67. The van der Waals surface area contributed by atoms with E-state index in [1.807, 2.05) is 19.1 Å². The van der Waals surface area contributed by atoms with Gasteiger partial charge in [-0.3, -0.25) is 19.2 Å². The predicted molar refractivity (Wildman–Crippen MR) is 114 cm³/mol. The Bertz CT molecular complexity index is 986. The summed E-state index contributed by atoms with van der Waals surface area (Å²) in [5, 5.41) is 11.1. The van der Waals surface area contributed by atoms with Crippen molar-refractivity contribution < 1.29 is 23.6 Å². The van der Waals surface area contributed by atoms with Gasteiger partial charge >= 0.3 is 23.6 Å². The summed E-state index contributed by atoms with van der Waals surface area (Å²) < 4.78 is 5.42.